The van der Waals surface area contributed by atoms with E-state index in [0.29, 0.717) is 11.1 Å². The molecule has 2 aromatic rings. The van der Waals surface area contributed by atoms with Crippen molar-refractivity contribution in [1.82, 2.24) is 5.32 Å². The Balaban J connectivity index is 2.00. The van der Waals surface area contributed by atoms with Crippen molar-refractivity contribution in [1.29, 1.82) is 0 Å². The molecule has 0 saturated heterocycles. The van der Waals surface area contributed by atoms with Crippen molar-refractivity contribution in [3.63, 3.8) is 0 Å². The van der Waals surface area contributed by atoms with E-state index in [2.05, 4.69) is 5.32 Å². The van der Waals surface area contributed by atoms with Crippen molar-refractivity contribution in [3.05, 3.63) is 65.5 Å². The van der Waals surface area contributed by atoms with Crippen LogP contribution in [0, 0.1) is 6.92 Å². The van der Waals surface area contributed by atoms with Gasteiger partial charge in [0.2, 0.25) is 12.3 Å². The van der Waals surface area contributed by atoms with Gasteiger partial charge < -0.3 is 10.4 Å². The van der Waals surface area contributed by atoms with Gasteiger partial charge in [0.1, 0.15) is 0 Å². The minimum absolute atomic E-state index is 0.0162. The lowest BCUT2D eigenvalue weighted by Gasteiger charge is -2.02. The fraction of sp³-hybridized carbons (Fsp3) is 0.235. The molecule has 0 aliphatic heterocycles. The van der Waals surface area contributed by atoms with E-state index in [-0.39, 0.29) is 31.4 Å². The maximum Gasteiger partial charge on any atom is 0.251 e. The molecule has 1 aromatic heterocycles. The van der Waals surface area contributed by atoms with Crippen LogP contribution in [0.25, 0.3) is 0 Å². The average molecular weight is 299 g/mol. The number of aliphatic hydroxyl groups excluding tert-OH is 1. The van der Waals surface area contributed by atoms with Gasteiger partial charge in [0.15, 0.2) is 12.4 Å². The molecule has 5 nitrogen and oxygen atoms in total. The second kappa shape index (κ2) is 7.47. The van der Waals surface area contributed by atoms with Crippen LogP contribution in [0.1, 0.15) is 26.3 Å². The topological polar surface area (TPSA) is 70.3 Å². The summed E-state index contributed by atoms with van der Waals surface area (Å²) in [5.74, 6) is -0.228. The van der Waals surface area contributed by atoms with Crippen LogP contribution < -0.4 is 9.88 Å². The first-order chi connectivity index (χ1) is 10.6. The minimum atomic E-state index is -0.244. The molecular formula is C17H19N2O3+. The average Bonchev–Trinajstić information content (AvgIpc) is 2.54. The molecule has 2 rings (SSSR count). The second-order valence-corrected chi connectivity index (χ2v) is 5.03. The summed E-state index contributed by atoms with van der Waals surface area (Å²) >= 11 is 0. The molecule has 22 heavy (non-hydrogen) atoms. The summed E-state index contributed by atoms with van der Waals surface area (Å²) in [6, 6.07) is 10.7. The quantitative estimate of drug-likeness (QED) is 0.615. The number of aromatic nitrogens is 1. The fourth-order valence-corrected chi connectivity index (χ4v) is 1.98. The zero-order chi connectivity index (χ0) is 15.9. The van der Waals surface area contributed by atoms with Gasteiger partial charge in [-0.05, 0) is 6.92 Å². The maximum atomic E-state index is 12.2. The highest BCUT2D eigenvalue weighted by atomic mass is 16.3. The van der Waals surface area contributed by atoms with E-state index in [1.54, 1.807) is 29.1 Å². The highest BCUT2D eigenvalue weighted by Crippen LogP contribution is 2.04. The third kappa shape index (κ3) is 4.23. The van der Waals surface area contributed by atoms with Gasteiger partial charge in [0.05, 0.1) is 12.2 Å². The molecule has 0 bridgehead atoms. The molecule has 0 aliphatic carbocycles. The number of nitrogens with one attached hydrogen (secondary N) is 1. The number of carbonyl (C=O) groups excluding carboxylic acids is 2. The summed E-state index contributed by atoms with van der Waals surface area (Å²) in [5.41, 5.74) is 2.28. The van der Waals surface area contributed by atoms with Crippen molar-refractivity contribution in [3.8, 4) is 0 Å². The molecule has 0 aliphatic rings. The summed E-state index contributed by atoms with van der Waals surface area (Å²) in [7, 11) is 0. The number of nitrogens with zero attached hydrogens (tertiary/aromatic N) is 1. The number of Topliss-reactive ketones (excluding diaryl/α,β-unsaturated/α-hetero) is 1. The van der Waals surface area contributed by atoms with Crippen LogP contribution >= 0.6 is 0 Å². The molecule has 0 radical (unpaired) electrons. The Kier molecular flexibility index (Phi) is 5.38. The first kappa shape index (κ1) is 15.9. The van der Waals surface area contributed by atoms with E-state index in [4.69, 9.17) is 5.11 Å². The number of hydrogen-bond acceptors (Lipinski definition) is 3. The third-order valence-electron chi connectivity index (χ3n) is 3.25. The molecule has 0 unspecified atom stereocenters. The van der Waals surface area contributed by atoms with Crippen molar-refractivity contribution in [2.24, 2.45) is 0 Å². The summed E-state index contributed by atoms with van der Waals surface area (Å²) in [6.45, 7) is 2.33. The van der Waals surface area contributed by atoms with Gasteiger partial charge in [-0.1, -0.05) is 29.8 Å². The number of pyridine rings is 1. The van der Waals surface area contributed by atoms with Crippen LogP contribution in [-0.2, 0) is 6.54 Å². The normalized spacial score (nSPS) is 10.3. The molecule has 1 amide bonds. The molecule has 5 heteroatoms. The van der Waals surface area contributed by atoms with Crippen LogP contribution in [0.2, 0.25) is 0 Å². The van der Waals surface area contributed by atoms with Crippen molar-refractivity contribution in [2.75, 3.05) is 13.2 Å². The number of aryl methyl sites for hydroxylation is 1. The van der Waals surface area contributed by atoms with Crippen LogP contribution in [0.15, 0.2) is 48.8 Å². The minimum Gasteiger partial charge on any atom is -0.395 e. The molecular weight excluding hydrogens is 280 g/mol. The molecule has 1 aromatic carbocycles. The summed E-state index contributed by atoms with van der Waals surface area (Å²) in [4.78, 5) is 23.8. The first-order valence-corrected chi connectivity index (χ1v) is 7.08. The number of rotatable bonds is 6. The Morgan fingerprint density at radius 3 is 2.27 bits per heavy atom. The van der Waals surface area contributed by atoms with Gasteiger partial charge in [-0.3, -0.25) is 9.59 Å². The number of hydrogen-bond donors (Lipinski definition) is 2. The van der Waals surface area contributed by atoms with Gasteiger partial charge in [0, 0.05) is 24.2 Å². The molecule has 0 spiro atoms. The zero-order valence-corrected chi connectivity index (χ0v) is 12.5. The smallest absolute Gasteiger partial charge is 0.251 e. The largest absolute Gasteiger partial charge is 0.395 e. The molecule has 1 heterocycles. The molecule has 0 fully saturated rings. The lowest BCUT2D eigenvalue weighted by Crippen LogP contribution is -2.37. The van der Waals surface area contributed by atoms with E-state index in [9.17, 15) is 9.59 Å². The van der Waals surface area contributed by atoms with Gasteiger partial charge >= 0.3 is 0 Å². The fourth-order valence-electron chi connectivity index (χ4n) is 1.98. The van der Waals surface area contributed by atoms with E-state index < -0.39 is 0 Å². The number of aliphatic hydroxyl groups is 1. The Hall–Kier alpha value is -2.53. The standard InChI is InChI=1S/C17H18N2O3/c1-13-2-4-14(5-3-13)16(21)12-19-9-6-15(7-10-19)17(22)18-8-11-20/h2-7,9-10,20H,8,11-12H2,1H3/p+1. The van der Waals surface area contributed by atoms with Gasteiger partial charge in [-0.15, -0.1) is 0 Å². The highest BCUT2D eigenvalue weighted by molar-refractivity contribution is 5.95. The monoisotopic (exact) mass is 299 g/mol. The first-order valence-electron chi connectivity index (χ1n) is 7.08. The highest BCUT2D eigenvalue weighted by Gasteiger charge is 2.13. The predicted octanol–water partition coefficient (Wildman–Crippen LogP) is 0.888. The predicted molar refractivity (Wildman–Crippen MR) is 81.6 cm³/mol. The Morgan fingerprint density at radius 2 is 1.68 bits per heavy atom. The summed E-state index contributed by atoms with van der Waals surface area (Å²) in [6.07, 6.45) is 3.39. The van der Waals surface area contributed by atoms with Crippen molar-refractivity contribution >= 4 is 11.7 Å². The number of carbonyl (C=O) groups is 2. The van der Waals surface area contributed by atoms with Crippen molar-refractivity contribution in [2.45, 2.75) is 13.5 Å². The Bertz CT molecular complexity index is 649. The van der Waals surface area contributed by atoms with E-state index in [0.717, 1.165) is 5.56 Å². The lowest BCUT2D eigenvalue weighted by atomic mass is 10.1. The van der Waals surface area contributed by atoms with Crippen LogP contribution in [0.3, 0.4) is 0 Å². The summed E-state index contributed by atoms with van der Waals surface area (Å²) in [5, 5.41) is 11.2. The number of amides is 1. The van der Waals surface area contributed by atoms with Crippen LogP contribution in [0.5, 0.6) is 0 Å². The third-order valence-corrected chi connectivity index (χ3v) is 3.25. The molecule has 2 N–H and O–H groups in total. The number of ketones is 1. The van der Waals surface area contributed by atoms with Crippen molar-refractivity contribution < 1.29 is 19.3 Å². The molecule has 0 saturated carbocycles. The maximum absolute atomic E-state index is 12.2. The zero-order valence-electron chi connectivity index (χ0n) is 12.5. The Labute approximate surface area is 129 Å². The van der Waals surface area contributed by atoms with E-state index >= 15 is 0 Å². The number of benzene rings is 1. The van der Waals surface area contributed by atoms with Crippen LogP contribution in [0.4, 0.5) is 0 Å². The van der Waals surface area contributed by atoms with Gasteiger partial charge in [-0.25, -0.2) is 0 Å². The lowest BCUT2D eigenvalue weighted by molar-refractivity contribution is -0.683. The second-order valence-electron chi connectivity index (χ2n) is 5.03. The molecule has 114 valence electrons. The van der Waals surface area contributed by atoms with Crippen LogP contribution in [-0.4, -0.2) is 29.9 Å². The summed E-state index contributed by atoms with van der Waals surface area (Å²) < 4.78 is 1.73. The van der Waals surface area contributed by atoms with E-state index in [1.165, 1.54) is 0 Å². The van der Waals surface area contributed by atoms with Gasteiger partial charge in [0.25, 0.3) is 5.91 Å². The van der Waals surface area contributed by atoms with Gasteiger partial charge in [-0.2, -0.15) is 4.57 Å². The van der Waals surface area contributed by atoms with E-state index in [1.807, 2.05) is 31.2 Å². The molecule has 0 atom stereocenters. The SMILES string of the molecule is Cc1ccc(C(=O)C[n+]2ccc(C(=O)NCCO)cc2)cc1. The Morgan fingerprint density at radius 1 is 1.05 bits per heavy atom.